The molecule has 0 radical (unpaired) electrons. The van der Waals surface area contributed by atoms with Crippen molar-refractivity contribution in [3.8, 4) is 5.69 Å². The van der Waals surface area contributed by atoms with Crippen LogP contribution in [0.2, 0.25) is 0 Å². The van der Waals surface area contributed by atoms with Gasteiger partial charge in [-0.3, -0.25) is 9.97 Å². The lowest BCUT2D eigenvalue weighted by atomic mass is 9.72. The standard InChI is InChI=1S/C58H46N6/c1-58-36-42(26-30-57(58)64(46-17-7-4-8-18-46)56-29-24-40(35-49(56)58)50-19-9-20-51(61-50)43-13-11-31-59-37-43)39-23-27-54-47(33-39)48-34-41(25-28-55(48)63(54)45-15-5-3-6-16-45)52-21-10-22-53(62(52)2)44-14-12-32-60-38-44/h3-35,37-38,51,53,61H,36H2,1-2H3. The lowest BCUT2D eigenvalue weighted by Gasteiger charge is -2.34. The number of fused-ring (bicyclic) bond motifs is 6. The lowest BCUT2D eigenvalue weighted by molar-refractivity contribution is 0.411. The van der Waals surface area contributed by atoms with Gasteiger partial charge in [0.05, 0.1) is 28.8 Å². The number of para-hydroxylation sites is 2. The second-order valence-electron chi connectivity index (χ2n) is 17.4. The summed E-state index contributed by atoms with van der Waals surface area (Å²) < 4.78 is 2.42. The average molecular weight is 827 g/mol. The Labute approximate surface area is 373 Å². The Hall–Kier alpha value is -7.96. The highest BCUT2D eigenvalue weighted by Gasteiger charge is 2.46. The highest BCUT2D eigenvalue weighted by atomic mass is 15.2. The Morgan fingerprint density at radius 3 is 2.02 bits per heavy atom. The summed E-state index contributed by atoms with van der Waals surface area (Å²) in [5, 5.41) is 6.28. The van der Waals surface area contributed by atoms with Gasteiger partial charge in [-0.1, -0.05) is 97.1 Å². The van der Waals surface area contributed by atoms with E-state index in [1.165, 1.54) is 78.0 Å². The number of pyridine rings is 2. The number of benzene rings is 5. The highest BCUT2D eigenvalue weighted by Crippen LogP contribution is 2.57. The van der Waals surface area contributed by atoms with Gasteiger partial charge >= 0.3 is 0 Å². The molecule has 8 aromatic rings. The summed E-state index contributed by atoms with van der Waals surface area (Å²) >= 11 is 0. The van der Waals surface area contributed by atoms with Gasteiger partial charge in [0, 0.05) is 76.5 Å². The van der Waals surface area contributed by atoms with E-state index in [1.54, 1.807) is 0 Å². The maximum Gasteiger partial charge on any atom is 0.0741 e. The molecule has 0 saturated heterocycles. The van der Waals surface area contributed by atoms with Gasteiger partial charge in [-0.25, -0.2) is 0 Å². The van der Waals surface area contributed by atoms with Crippen LogP contribution in [-0.4, -0.2) is 26.5 Å². The lowest BCUT2D eigenvalue weighted by Crippen LogP contribution is -2.28. The van der Waals surface area contributed by atoms with Crippen LogP contribution in [0.15, 0.2) is 219 Å². The molecule has 0 spiro atoms. The van der Waals surface area contributed by atoms with Gasteiger partial charge < -0.3 is 19.7 Å². The van der Waals surface area contributed by atoms with Crippen molar-refractivity contribution in [1.82, 2.24) is 24.8 Å². The molecule has 0 amide bonds. The first-order valence-corrected chi connectivity index (χ1v) is 22.1. The minimum atomic E-state index is -0.282. The van der Waals surface area contributed by atoms with Crippen molar-refractivity contribution in [2.75, 3.05) is 11.9 Å². The second kappa shape index (κ2) is 15.1. The quantitative estimate of drug-likeness (QED) is 0.173. The van der Waals surface area contributed by atoms with Gasteiger partial charge in [-0.15, -0.1) is 0 Å². The predicted octanol–water partition coefficient (Wildman–Crippen LogP) is 13.2. The highest BCUT2D eigenvalue weighted by molar-refractivity contribution is 6.11. The zero-order chi connectivity index (χ0) is 42.8. The van der Waals surface area contributed by atoms with Crippen LogP contribution in [0.3, 0.4) is 0 Å². The minimum absolute atomic E-state index is 0.0535. The van der Waals surface area contributed by atoms with Crippen LogP contribution in [0.1, 0.15) is 58.8 Å². The summed E-state index contributed by atoms with van der Waals surface area (Å²) in [6, 6.07) is 51.1. The molecule has 64 heavy (non-hydrogen) atoms. The molecule has 6 heteroatoms. The maximum atomic E-state index is 4.43. The number of nitrogens with zero attached hydrogens (tertiary/aromatic N) is 5. The Balaban J connectivity index is 0.959. The third kappa shape index (κ3) is 6.16. The molecule has 1 aliphatic carbocycles. The number of hydrogen-bond acceptors (Lipinski definition) is 5. The molecule has 1 N–H and O–H groups in total. The summed E-state index contributed by atoms with van der Waals surface area (Å²) in [5.74, 6) is 0. The Morgan fingerprint density at radius 2 is 1.28 bits per heavy atom. The average Bonchev–Trinajstić information content (AvgIpc) is 3.82. The van der Waals surface area contributed by atoms with E-state index in [4.69, 9.17) is 0 Å². The number of dihydropyridines is 1. The predicted molar refractivity (Wildman–Crippen MR) is 263 cm³/mol. The fourth-order valence-electron chi connectivity index (χ4n) is 10.5. The molecule has 0 saturated carbocycles. The number of aromatic nitrogens is 3. The van der Waals surface area contributed by atoms with Crippen LogP contribution in [0.4, 0.5) is 11.4 Å². The fraction of sp³-hybridized carbons (Fsp3) is 0.103. The van der Waals surface area contributed by atoms with Gasteiger partial charge in [-0.05, 0) is 143 Å². The molecular formula is C58H46N6. The van der Waals surface area contributed by atoms with Crippen LogP contribution in [0.5, 0.6) is 0 Å². The number of rotatable bonds is 7. The molecule has 12 rings (SSSR count). The zero-order valence-electron chi connectivity index (χ0n) is 35.8. The van der Waals surface area contributed by atoms with E-state index < -0.39 is 0 Å². The largest absolute Gasteiger partial charge is 0.374 e. The number of nitrogens with one attached hydrogen (secondary N) is 1. The molecule has 3 unspecified atom stereocenters. The number of likely N-dealkylation sites (N-methyl/N-ethyl adjacent to an activating group) is 1. The van der Waals surface area contributed by atoms with Crippen molar-refractivity contribution in [3.05, 3.63) is 252 Å². The van der Waals surface area contributed by atoms with Crippen LogP contribution >= 0.6 is 0 Å². The number of allylic oxidation sites excluding steroid dienone is 8. The molecule has 0 fully saturated rings. The van der Waals surface area contributed by atoms with E-state index in [2.05, 4.69) is 220 Å². The third-order valence-electron chi connectivity index (χ3n) is 13.7. The normalized spacial score (nSPS) is 20.0. The van der Waals surface area contributed by atoms with E-state index in [1.807, 2.05) is 36.9 Å². The third-order valence-corrected chi connectivity index (χ3v) is 13.7. The molecule has 5 aromatic carbocycles. The SMILES string of the molecule is CN1C(c2ccc3c(c2)c2cc(C4=CC=C5N(c6ccccc6)c6ccc(C7=CC=CC(c8cccnc8)N7)cc6C5(C)C4)ccc2n3-c2ccccc2)=CC=CC1c1cccnc1. The van der Waals surface area contributed by atoms with Crippen molar-refractivity contribution in [2.45, 2.75) is 30.8 Å². The van der Waals surface area contributed by atoms with Crippen LogP contribution in [0.25, 0.3) is 44.5 Å². The van der Waals surface area contributed by atoms with Crippen molar-refractivity contribution in [2.24, 2.45) is 0 Å². The Kier molecular flexibility index (Phi) is 8.94. The van der Waals surface area contributed by atoms with Crippen molar-refractivity contribution >= 4 is 50.1 Å². The van der Waals surface area contributed by atoms with Gasteiger partial charge in [0.1, 0.15) is 0 Å². The van der Waals surface area contributed by atoms with Gasteiger partial charge in [0.25, 0.3) is 0 Å². The first-order valence-electron chi connectivity index (χ1n) is 22.1. The topological polar surface area (TPSA) is 49.2 Å². The zero-order valence-corrected chi connectivity index (χ0v) is 35.8. The van der Waals surface area contributed by atoms with Crippen LogP contribution in [-0.2, 0) is 5.41 Å². The summed E-state index contributed by atoms with van der Waals surface area (Å²) in [7, 11) is 2.18. The van der Waals surface area contributed by atoms with Crippen LogP contribution in [0, 0.1) is 0 Å². The first-order chi connectivity index (χ1) is 31.5. The molecule has 308 valence electrons. The van der Waals surface area contributed by atoms with Crippen molar-refractivity contribution < 1.29 is 0 Å². The molecule has 3 aromatic heterocycles. The smallest absolute Gasteiger partial charge is 0.0741 e. The molecule has 4 aliphatic rings. The van der Waals surface area contributed by atoms with Crippen molar-refractivity contribution in [1.29, 1.82) is 0 Å². The molecule has 6 heterocycles. The monoisotopic (exact) mass is 826 g/mol. The Morgan fingerprint density at radius 1 is 0.609 bits per heavy atom. The molecule has 0 bridgehead atoms. The van der Waals surface area contributed by atoms with E-state index in [0.717, 1.165) is 23.4 Å². The van der Waals surface area contributed by atoms with Crippen molar-refractivity contribution in [3.63, 3.8) is 0 Å². The summed E-state index contributed by atoms with van der Waals surface area (Å²) in [6.45, 7) is 2.44. The second-order valence-corrected chi connectivity index (χ2v) is 17.4. The van der Waals surface area contributed by atoms with E-state index >= 15 is 0 Å². The Bertz CT molecular complexity index is 3300. The summed E-state index contributed by atoms with van der Waals surface area (Å²) in [6.07, 6.45) is 26.4. The molecule has 3 atom stereocenters. The number of anilines is 2. The molecular weight excluding hydrogens is 781 g/mol. The summed E-state index contributed by atoms with van der Waals surface area (Å²) in [4.78, 5) is 13.7. The summed E-state index contributed by atoms with van der Waals surface area (Å²) in [5.41, 5.74) is 17.8. The first kappa shape index (κ1) is 37.8. The molecule has 3 aliphatic heterocycles. The van der Waals surface area contributed by atoms with Gasteiger partial charge in [0.15, 0.2) is 0 Å². The van der Waals surface area contributed by atoms with Gasteiger partial charge in [-0.2, -0.15) is 0 Å². The van der Waals surface area contributed by atoms with E-state index in [0.29, 0.717) is 0 Å². The van der Waals surface area contributed by atoms with E-state index in [-0.39, 0.29) is 17.5 Å². The fourth-order valence-corrected chi connectivity index (χ4v) is 10.5. The molecule has 6 nitrogen and oxygen atoms in total. The van der Waals surface area contributed by atoms with E-state index in [9.17, 15) is 0 Å². The number of hydrogen-bond donors (Lipinski definition) is 1. The van der Waals surface area contributed by atoms with Crippen LogP contribution < -0.4 is 10.2 Å². The maximum absolute atomic E-state index is 4.43. The minimum Gasteiger partial charge on any atom is -0.374 e. The van der Waals surface area contributed by atoms with Gasteiger partial charge in [0.2, 0.25) is 0 Å².